The molecule has 144 valence electrons. The predicted octanol–water partition coefficient (Wildman–Crippen LogP) is 1.62. The van der Waals surface area contributed by atoms with Crippen LogP contribution in [0.4, 0.5) is 0 Å². The van der Waals surface area contributed by atoms with Gasteiger partial charge in [-0.05, 0) is 45.1 Å². The maximum absolute atomic E-state index is 6.19. The molecule has 0 aromatic carbocycles. The van der Waals surface area contributed by atoms with E-state index in [0.717, 1.165) is 32.4 Å². The summed E-state index contributed by atoms with van der Waals surface area (Å²) in [5, 5.41) is 7.11. The lowest BCUT2D eigenvalue weighted by molar-refractivity contribution is 0.0858. The lowest BCUT2D eigenvalue weighted by Crippen LogP contribution is -2.48. The zero-order valence-electron chi connectivity index (χ0n) is 15.3. The van der Waals surface area contributed by atoms with Crippen molar-refractivity contribution < 1.29 is 14.2 Å². The molecule has 1 aliphatic carbocycles. The Bertz CT molecular complexity index is 419. The molecule has 0 aromatic rings. The summed E-state index contributed by atoms with van der Waals surface area (Å²) in [6.07, 6.45) is 13.7. The maximum Gasteiger partial charge on any atom is 0.137 e. The molecule has 0 spiro atoms. The largest absolute Gasteiger partial charge is 0.375 e. The Morgan fingerprint density at radius 1 is 0.920 bits per heavy atom. The number of hydrogen-bond acceptors (Lipinski definition) is 6. The Kier molecular flexibility index (Phi) is 6.26. The van der Waals surface area contributed by atoms with Crippen LogP contribution in [0.2, 0.25) is 0 Å². The van der Waals surface area contributed by atoms with E-state index < -0.39 is 0 Å². The highest BCUT2D eigenvalue weighted by atomic mass is 16.6. The maximum atomic E-state index is 6.19. The Labute approximate surface area is 151 Å². The number of nitrogens with two attached hydrogens (primary N) is 1. The van der Waals surface area contributed by atoms with E-state index in [1.165, 1.54) is 44.9 Å². The quantitative estimate of drug-likeness (QED) is 0.409. The topological polar surface area (TPSA) is 84.4 Å². The van der Waals surface area contributed by atoms with Gasteiger partial charge in [-0.2, -0.15) is 0 Å². The average Bonchev–Trinajstić information content (AvgIpc) is 3.50. The summed E-state index contributed by atoms with van der Waals surface area (Å²) in [6, 6.07) is 0.774. The highest BCUT2D eigenvalue weighted by molar-refractivity contribution is 4.92. The van der Waals surface area contributed by atoms with E-state index in [-0.39, 0.29) is 12.5 Å². The minimum atomic E-state index is 0.239. The molecule has 0 amide bonds. The van der Waals surface area contributed by atoms with Gasteiger partial charge in [0.15, 0.2) is 0 Å². The first-order valence-electron chi connectivity index (χ1n) is 10.5. The molecule has 4 aliphatic rings. The van der Waals surface area contributed by atoms with Crippen molar-refractivity contribution in [2.45, 2.75) is 107 Å². The van der Waals surface area contributed by atoms with Crippen LogP contribution in [0.25, 0.3) is 0 Å². The van der Waals surface area contributed by atoms with Gasteiger partial charge in [0.1, 0.15) is 18.6 Å². The molecular formula is C19H35N3O3. The molecule has 3 saturated heterocycles. The Morgan fingerprint density at radius 2 is 1.84 bits per heavy atom. The first-order valence-corrected chi connectivity index (χ1v) is 10.5. The fraction of sp³-hybridized carbons (Fsp3) is 1.00. The summed E-state index contributed by atoms with van der Waals surface area (Å²) in [4.78, 5) is 0. The van der Waals surface area contributed by atoms with Crippen molar-refractivity contribution in [3.05, 3.63) is 0 Å². The van der Waals surface area contributed by atoms with Crippen molar-refractivity contribution in [1.29, 1.82) is 0 Å². The van der Waals surface area contributed by atoms with E-state index in [0.29, 0.717) is 30.4 Å². The SMILES string of the molecule is NC1CCCCC1NC1OC1CCCCCNC1OC1C1CCCO1. The van der Waals surface area contributed by atoms with E-state index in [1.807, 2.05) is 0 Å². The first-order chi connectivity index (χ1) is 12.3. The zero-order valence-corrected chi connectivity index (χ0v) is 15.3. The predicted molar refractivity (Wildman–Crippen MR) is 96.1 cm³/mol. The van der Waals surface area contributed by atoms with Crippen LogP contribution < -0.4 is 16.4 Å². The third kappa shape index (κ3) is 5.15. The van der Waals surface area contributed by atoms with Gasteiger partial charge in [-0.3, -0.25) is 10.6 Å². The molecule has 1 saturated carbocycles. The highest BCUT2D eigenvalue weighted by Gasteiger charge is 2.46. The third-order valence-corrected chi connectivity index (χ3v) is 6.15. The fourth-order valence-corrected chi connectivity index (χ4v) is 4.41. The number of hydrogen-bond donors (Lipinski definition) is 3. The summed E-state index contributed by atoms with van der Waals surface area (Å²) in [6.45, 7) is 1.95. The average molecular weight is 354 g/mol. The highest BCUT2D eigenvalue weighted by Crippen LogP contribution is 2.31. The number of epoxide rings is 2. The lowest BCUT2D eigenvalue weighted by Gasteiger charge is -2.28. The summed E-state index contributed by atoms with van der Waals surface area (Å²) in [5.74, 6) is 0. The van der Waals surface area contributed by atoms with Crippen LogP contribution in [-0.2, 0) is 14.2 Å². The molecular weight excluding hydrogens is 318 g/mol. The minimum absolute atomic E-state index is 0.239. The van der Waals surface area contributed by atoms with Crippen LogP contribution in [0.15, 0.2) is 0 Å². The Morgan fingerprint density at radius 3 is 2.68 bits per heavy atom. The number of rotatable bonds is 10. The van der Waals surface area contributed by atoms with Crippen molar-refractivity contribution in [2.24, 2.45) is 5.73 Å². The Balaban J connectivity index is 0.982. The van der Waals surface area contributed by atoms with Gasteiger partial charge in [-0.25, -0.2) is 0 Å². The summed E-state index contributed by atoms with van der Waals surface area (Å²) < 4.78 is 17.1. The van der Waals surface area contributed by atoms with Crippen LogP contribution in [0.3, 0.4) is 0 Å². The molecule has 3 heterocycles. The van der Waals surface area contributed by atoms with Gasteiger partial charge in [-0.1, -0.05) is 25.7 Å². The molecule has 7 unspecified atom stereocenters. The monoisotopic (exact) mass is 353 g/mol. The molecule has 7 atom stereocenters. The standard InChI is InChI=1S/C19H35N3O3/c20-13-7-3-4-8-14(13)22-18-16(24-18)9-2-1-5-11-21-19-17(25-19)15-10-6-12-23-15/h13-19,21-22H,1-12,20H2. The second-order valence-corrected chi connectivity index (χ2v) is 8.19. The van der Waals surface area contributed by atoms with Crippen LogP contribution in [-0.4, -0.2) is 56.0 Å². The van der Waals surface area contributed by atoms with E-state index in [4.69, 9.17) is 19.9 Å². The van der Waals surface area contributed by atoms with Crippen LogP contribution in [0.1, 0.15) is 64.2 Å². The Hall–Kier alpha value is -0.240. The van der Waals surface area contributed by atoms with Crippen LogP contribution >= 0.6 is 0 Å². The van der Waals surface area contributed by atoms with Gasteiger partial charge in [-0.15, -0.1) is 0 Å². The summed E-state index contributed by atoms with van der Waals surface area (Å²) >= 11 is 0. The smallest absolute Gasteiger partial charge is 0.137 e. The van der Waals surface area contributed by atoms with Gasteiger partial charge in [0, 0.05) is 18.7 Å². The van der Waals surface area contributed by atoms with Crippen LogP contribution in [0, 0.1) is 0 Å². The molecule has 0 radical (unpaired) electrons. The fourth-order valence-electron chi connectivity index (χ4n) is 4.41. The minimum Gasteiger partial charge on any atom is -0.375 e. The van der Waals surface area contributed by atoms with Gasteiger partial charge >= 0.3 is 0 Å². The molecule has 0 aromatic heterocycles. The first kappa shape index (κ1) is 18.1. The normalized spacial score (nSPS) is 43.3. The summed E-state index contributed by atoms with van der Waals surface area (Å²) in [5.41, 5.74) is 6.19. The number of nitrogens with one attached hydrogen (secondary N) is 2. The zero-order chi connectivity index (χ0) is 17.1. The summed E-state index contributed by atoms with van der Waals surface area (Å²) in [7, 11) is 0. The second kappa shape index (κ2) is 8.63. The molecule has 4 N–H and O–H groups in total. The van der Waals surface area contributed by atoms with E-state index in [9.17, 15) is 0 Å². The van der Waals surface area contributed by atoms with Crippen molar-refractivity contribution in [2.75, 3.05) is 13.2 Å². The third-order valence-electron chi connectivity index (χ3n) is 6.15. The molecule has 4 rings (SSSR count). The van der Waals surface area contributed by atoms with Crippen molar-refractivity contribution in [1.82, 2.24) is 10.6 Å². The van der Waals surface area contributed by atoms with Gasteiger partial charge < -0.3 is 19.9 Å². The lowest BCUT2D eigenvalue weighted by atomic mass is 9.91. The molecule has 25 heavy (non-hydrogen) atoms. The molecule has 6 nitrogen and oxygen atoms in total. The van der Waals surface area contributed by atoms with Gasteiger partial charge in [0.25, 0.3) is 0 Å². The number of ether oxygens (including phenoxy) is 3. The van der Waals surface area contributed by atoms with E-state index in [1.54, 1.807) is 0 Å². The molecule has 6 heteroatoms. The van der Waals surface area contributed by atoms with Crippen molar-refractivity contribution in [3.63, 3.8) is 0 Å². The van der Waals surface area contributed by atoms with Crippen LogP contribution in [0.5, 0.6) is 0 Å². The molecule has 3 aliphatic heterocycles. The second-order valence-electron chi connectivity index (χ2n) is 8.19. The van der Waals surface area contributed by atoms with Crippen molar-refractivity contribution in [3.8, 4) is 0 Å². The van der Waals surface area contributed by atoms with Gasteiger partial charge in [0.05, 0.1) is 12.2 Å². The van der Waals surface area contributed by atoms with Crippen molar-refractivity contribution >= 4 is 0 Å². The number of unbranched alkanes of at least 4 members (excludes halogenated alkanes) is 2. The van der Waals surface area contributed by atoms with Gasteiger partial charge in [0.2, 0.25) is 0 Å². The van der Waals surface area contributed by atoms with E-state index >= 15 is 0 Å². The molecule has 0 bridgehead atoms. The molecule has 4 fully saturated rings. The van der Waals surface area contributed by atoms with E-state index in [2.05, 4.69) is 10.6 Å².